The molecule has 3 heterocycles. The van der Waals surface area contributed by atoms with Gasteiger partial charge in [-0.1, -0.05) is 49.3 Å². The molecule has 3 fully saturated rings. The molecule has 0 aromatic heterocycles. The summed E-state index contributed by atoms with van der Waals surface area (Å²) in [5, 5.41) is 2.94. The summed E-state index contributed by atoms with van der Waals surface area (Å²) in [4.78, 5) is 71.4. The lowest BCUT2D eigenvalue weighted by Crippen LogP contribution is -2.54. The first-order valence-electron chi connectivity index (χ1n) is 17.5. The van der Waals surface area contributed by atoms with Crippen LogP contribution in [0.3, 0.4) is 0 Å². The van der Waals surface area contributed by atoms with Crippen LogP contribution in [-0.2, 0) is 46.4 Å². The number of hydrogen-bond acceptors (Lipinski definition) is 8. The minimum absolute atomic E-state index is 0.0317. The maximum atomic E-state index is 14.3. The number of allylic oxidation sites excluding steroid dienone is 1. The van der Waals surface area contributed by atoms with E-state index in [4.69, 9.17) is 14.2 Å². The lowest BCUT2D eigenvalue weighted by Gasteiger charge is -2.29. The Morgan fingerprint density at radius 1 is 0.957 bits per heavy atom. The van der Waals surface area contributed by atoms with Gasteiger partial charge in [-0.2, -0.15) is 0 Å². The first kappa shape index (κ1) is 33.0. The summed E-state index contributed by atoms with van der Waals surface area (Å²) in [6, 6.07) is 6.94. The number of rotatable bonds is 5. The van der Waals surface area contributed by atoms with E-state index in [9.17, 15) is 24.0 Å². The van der Waals surface area contributed by atoms with E-state index in [1.165, 1.54) is 10.5 Å². The van der Waals surface area contributed by atoms with E-state index >= 15 is 0 Å². The third-order valence-corrected chi connectivity index (χ3v) is 10.4. The van der Waals surface area contributed by atoms with Crippen molar-refractivity contribution in [2.24, 2.45) is 11.8 Å². The molecule has 1 N–H and O–H groups in total. The van der Waals surface area contributed by atoms with Gasteiger partial charge in [0.2, 0.25) is 11.8 Å². The molecular formula is C36H47N3O8. The molecule has 1 saturated heterocycles. The van der Waals surface area contributed by atoms with Crippen LogP contribution >= 0.6 is 0 Å². The van der Waals surface area contributed by atoms with Crippen LogP contribution in [0.1, 0.15) is 88.7 Å². The van der Waals surface area contributed by atoms with Crippen LogP contribution in [0.25, 0.3) is 0 Å². The van der Waals surface area contributed by atoms with E-state index in [0.717, 1.165) is 50.5 Å². The molecule has 1 aromatic carbocycles. The third-order valence-electron chi connectivity index (χ3n) is 10.4. The molecule has 3 aliphatic heterocycles. The van der Waals surface area contributed by atoms with Gasteiger partial charge in [0.25, 0.3) is 0 Å². The highest BCUT2D eigenvalue weighted by atomic mass is 16.6. The van der Waals surface area contributed by atoms with Crippen molar-refractivity contribution >= 4 is 29.8 Å². The summed E-state index contributed by atoms with van der Waals surface area (Å²) < 4.78 is 17.2. The molecule has 0 spiro atoms. The lowest BCUT2D eigenvalue weighted by atomic mass is 9.98. The third kappa shape index (κ3) is 7.33. The zero-order valence-electron chi connectivity index (χ0n) is 27.3. The SMILES string of the molecule is CCOC(=O)[C@@]12C[C@H]1C=CCCCCCC(C(=O)OC1CCCC1)C(=O)N1C[C@H](OC(=O)N3CCc4ccccc4C3)C[C@H]1C(=O)N2. The van der Waals surface area contributed by atoms with Crippen molar-refractivity contribution < 1.29 is 38.2 Å². The van der Waals surface area contributed by atoms with Crippen LogP contribution in [0, 0.1) is 11.8 Å². The Hall–Kier alpha value is -3.89. The molecule has 1 aromatic rings. The molecule has 0 bridgehead atoms. The van der Waals surface area contributed by atoms with Crippen LogP contribution in [-0.4, -0.2) is 83.1 Å². The highest BCUT2D eigenvalue weighted by Gasteiger charge is 2.62. The second-order valence-corrected chi connectivity index (χ2v) is 13.6. The molecule has 11 heteroatoms. The Morgan fingerprint density at radius 2 is 1.72 bits per heavy atom. The van der Waals surface area contributed by atoms with Gasteiger partial charge in [0.1, 0.15) is 29.7 Å². The summed E-state index contributed by atoms with van der Waals surface area (Å²) in [6.07, 6.45) is 10.7. The van der Waals surface area contributed by atoms with Gasteiger partial charge in [-0.3, -0.25) is 14.4 Å². The predicted molar refractivity (Wildman–Crippen MR) is 171 cm³/mol. The van der Waals surface area contributed by atoms with Crippen molar-refractivity contribution in [1.29, 1.82) is 0 Å². The Kier molecular flexibility index (Phi) is 10.2. The quantitative estimate of drug-likeness (QED) is 0.217. The number of esters is 2. The average Bonchev–Trinajstić information content (AvgIpc) is 3.35. The molecule has 2 aliphatic carbocycles. The van der Waals surface area contributed by atoms with Crippen LogP contribution < -0.4 is 5.32 Å². The smallest absolute Gasteiger partial charge is 0.410 e. The maximum absolute atomic E-state index is 14.3. The summed E-state index contributed by atoms with van der Waals surface area (Å²) >= 11 is 0. The molecule has 3 amide bonds. The summed E-state index contributed by atoms with van der Waals surface area (Å²) in [6.45, 7) is 2.78. The summed E-state index contributed by atoms with van der Waals surface area (Å²) in [7, 11) is 0. The van der Waals surface area contributed by atoms with E-state index in [0.29, 0.717) is 38.8 Å². The van der Waals surface area contributed by atoms with Gasteiger partial charge in [0.15, 0.2) is 0 Å². The van der Waals surface area contributed by atoms with Crippen molar-refractivity contribution in [3.63, 3.8) is 0 Å². The Labute approximate surface area is 276 Å². The van der Waals surface area contributed by atoms with E-state index in [1.54, 1.807) is 11.8 Å². The van der Waals surface area contributed by atoms with Gasteiger partial charge in [0, 0.05) is 25.4 Å². The van der Waals surface area contributed by atoms with Gasteiger partial charge in [-0.15, -0.1) is 0 Å². The van der Waals surface area contributed by atoms with Crippen LogP contribution in [0.5, 0.6) is 0 Å². The number of carbonyl (C=O) groups is 5. The van der Waals surface area contributed by atoms with Gasteiger partial charge < -0.3 is 29.3 Å². The van der Waals surface area contributed by atoms with Gasteiger partial charge >= 0.3 is 18.0 Å². The molecule has 254 valence electrons. The number of ether oxygens (including phenoxy) is 3. The van der Waals surface area contributed by atoms with E-state index < -0.39 is 53.4 Å². The Morgan fingerprint density at radius 3 is 2.51 bits per heavy atom. The molecule has 11 nitrogen and oxygen atoms in total. The molecule has 0 radical (unpaired) electrons. The Bertz CT molecular complexity index is 1390. The maximum Gasteiger partial charge on any atom is 0.410 e. The van der Waals surface area contributed by atoms with E-state index in [2.05, 4.69) is 11.4 Å². The van der Waals surface area contributed by atoms with E-state index in [1.807, 2.05) is 30.4 Å². The molecule has 5 atom stereocenters. The second-order valence-electron chi connectivity index (χ2n) is 13.6. The number of nitrogens with one attached hydrogen (secondary N) is 1. The molecular weight excluding hydrogens is 602 g/mol. The van der Waals surface area contributed by atoms with Gasteiger partial charge in [0.05, 0.1) is 13.2 Å². The highest BCUT2D eigenvalue weighted by molar-refractivity contribution is 6.01. The molecule has 47 heavy (non-hydrogen) atoms. The van der Waals surface area contributed by atoms with Crippen molar-refractivity contribution in [3.05, 3.63) is 47.5 Å². The predicted octanol–water partition coefficient (Wildman–Crippen LogP) is 4.21. The first-order valence-corrected chi connectivity index (χ1v) is 17.5. The van der Waals surface area contributed by atoms with E-state index in [-0.39, 0.29) is 31.6 Å². The Balaban J connectivity index is 1.23. The molecule has 2 saturated carbocycles. The van der Waals surface area contributed by atoms with Crippen LogP contribution in [0.15, 0.2) is 36.4 Å². The average molecular weight is 650 g/mol. The van der Waals surface area contributed by atoms with Crippen molar-refractivity contribution in [2.45, 2.75) is 114 Å². The normalized spacial score (nSPS) is 29.8. The van der Waals surface area contributed by atoms with Crippen molar-refractivity contribution in [1.82, 2.24) is 15.1 Å². The second kappa shape index (κ2) is 14.5. The standard InChI is InChI=1S/C36H47N3O8/c1-2-45-34(43)36-21-26(36)14-6-4-3-5-7-17-29(33(42)46-27-15-10-11-16-27)32(41)39-23-28(20-30(39)31(40)37-36)47-35(44)38-19-18-24-12-8-9-13-25(24)22-38/h6,8-9,12-14,26-30H,2-5,7,10-11,15-23H2,1H3,(H,37,40)/t26-,28-,29?,30+,36-/m1/s1. The fraction of sp³-hybridized carbons (Fsp3) is 0.639. The fourth-order valence-electron chi connectivity index (χ4n) is 7.60. The molecule has 5 aliphatic rings. The fourth-order valence-corrected chi connectivity index (χ4v) is 7.60. The van der Waals surface area contributed by atoms with Crippen LogP contribution in [0.2, 0.25) is 0 Å². The topological polar surface area (TPSA) is 132 Å². The number of carbonyl (C=O) groups excluding carboxylic acids is 5. The zero-order chi connectivity index (χ0) is 33.0. The van der Waals surface area contributed by atoms with Gasteiger partial charge in [-0.05, 0) is 75.8 Å². The largest absolute Gasteiger partial charge is 0.464 e. The molecule has 6 rings (SSSR count). The minimum atomic E-state index is -1.21. The lowest BCUT2D eigenvalue weighted by molar-refractivity contribution is -0.161. The highest BCUT2D eigenvalue weighted by Crippen LogP contribution is 2.46. The van der Waals surface area contributed by atoms with Gasteiger partial charge in [-0.25, -0.2) is 9.59 Å². The minimum Gasteiger partial charge on any atom is -0.464 e. The zero-order valence-corrected chi connectivity index (χ0v) is 27.3. The summed E-state index contributed by atoms with van der Waals surface area (Å²) in [5.74, 6) is -3.36. The monoisotopic (exact) mass is 649 g/mol. The number of nitrogens with zero attached hydrogens (tertiary/aromatic N) is 2. The summed E-state index contributed by atoms with van der Waals surface area (Å²) in [5.41, 5.74) is 1.05. The van der Waals surface area contributed by atoms with Crippen molar-refractivity contribution in [2.75, 3.05) is 19.7 Å². The van der Waals surface area contributed by atoms with Crippen molar-refractivity contribution in [3.8, 4) is 0 Å². The number of amides is 3. The van der Waals surface area contributed by atoms with Crippen LogP contribution in [0.4, 0.5) is 4.79 Å². The molecule has 1 unspecified atom stereocenters. The number of hydrogen-bond donors (Lipinski definition) is 1. The number of fused-ring (bicyclic) bond motifs is 3. The first-order chi connectivity index (χ1) is 22.8. The number of benzene rings is 1.